The van der Waals surface area contributed by atoms with Gasteiger partial charge in [-0.3, -0.25) is 4.84 Å². The molecule has 0 saturated heterocycles. The smallest absolute Gasteiger partial charge is 0.0779 e. The lowest BCUT2D eigenvalue weighted by molar-refractivity contribution is -0.201. The molecule has 0 aliphatic heterocycles. The molecular formula is C13H30N2O2. The average Bonchev–Trinajstić information content (AvgIpc) is 2.25. The van der Waals surface area contributed by atoms with E-state index in [0.717, 1.165) is 19.3 Å². The molecule has 0 amide bonds. The topological polar surface area (TPSA) is 44.7 Å². The summed E-state index contributed by atoms with van der Waals surface area (Å²) < 4.78 is 0. The van der Waals surface area contributed by atoms with Crippen molar-refractivity contribution >= 4 is 0 Å². The van der Waals surface area contributed by atoms with Gasteiger partial charge in [0.25, 0.3) is 0 Å². The zero-order chi connectivity index (χ0) is 13.4. The minimum absolute atomic E-state index is 0.205. The fourth-order valence-corrected chi connectivity index (χ4v) is 1.71. The fourth-order valence-electron chi connectivity index (χ4n) is 1.71. The summed E-state index contributed by atoms with van der Waals surface area (Å²) in [6.45, 7) is 8.18. The molecule has 0 aromatic rings. The number of aliphatic hydroxyl groups excluding tert-OH is 1. The molecule has 0 fully saturated rings. The first kappa shape index (κ1) is 16.8. The first-order chi connectivity index (χ1) is 7.86. The number of nitrogens with one attached hydrogen (secondary N) is 1. The summed E-state index contributed by atoms with van der Waals surface area (Å²) in [7, 11) is 3.93. The van der Waals surface area contributed by atoms with E-state index in [4.69, 9.17) is 4.84 Å². The van der Waals surface area contributed by atoms with Gasteiger partial charge in [0.15, 0.2) is 0 Å². The Kier molecular flexibility index (Phi) is 8.78. The van der Waals surface area contributed by atoms with Gasteiger partial charge in [0.2, 0.25) is 0 Å². The Morgan fingerprint density at radius 2 is 1.76 bits per heavy atom. The predicted molar refractivity (Wildman–Crippen MR) is 71.8 cm³/mol. The van der Waals surface area contributed by atoms with Crippen LogP contribution < -0.4 is 5.32 Å². The SMILES string of the molecule is CNC(C)CC(C)ON(C)C(C)CCC(C)O. The van der Waals surface area contributed by atoms with E-state index in [1.807, 2.05) is 26.1 Å². The molecule has 0 bridgehead atoms. The molecule has 0 radical (unpaired) electrons. The van der Waals surface area contributed by atoms with E-state index in [-0.39, 0.29) is 12.2 Å². The normalized spacial score (nSPS) is 19.1. The Morgan fingerprint density at radius 1 is 1.18 bits per heavy atom. The van der Waals surface area contributed by atoms with E-state index in [9.17, 15) is 5.11 Å². The third-order valence-electron chi connectivity index (χ3n) is 3.15. The zero-order valence-electron chi connectivity index (χ0n) is 12.2. The molecule has 4 unspecified atom stereocenters. The van der Waals surface area contributed by atoms with Crippen molar-refractivity contribution in [2.75, 3.05) is 14.1 Å². The molecule has 2 N–H and O–H groups in total. The quantitative estimate of drug-likeness (QED) is 0.609. The third kappa shape index (κ3) is 8.55. The van der Waals surface area contributed by atoms with E-state index in [1.165, 1.54) is 0 Å². The van der Waals surface area contributed by atoms with Crippen molar-refractivity contribution in [1.29, 1.82) is 0 Å². The molecule has 17 heavy (non-hydrogen) atoms. The molecule has 104 valence electrons. The molecule has 4 heteroatoms. The highest BCUT2D eigenvalue weighted by atomic mass is 16.7. The monoisotopic (exact) mass is 246 g/mol. The number of hydroxylamine groups is 2. The van der Waals surface area contributed by atoms with E-state index in [2.05, 4.69) is 26.1 Å². The van der Waals surface area contributed by atoms with Crippen LogP contribution in [-0.4, -0.2) is 48.6 Å². The molecule has 0 heterocycles. The molecule has 0 aromatic heterocycles. The second-order valence-electron chi connectivity index (χ2n) is 5.16. The van der Waals surface area contributed by atoms with Crippen LogP contribution in [0.4, 0.5) is 0 Å². The fraction of sp³-hybridized carbons (Fsp3) is 1.00. The van der Waals surface area contributed by atoms with Crippen LogP contribution in [0, 0.1) is 0 Å². The van der Waals surface area contributed by atoms with Gasteiger partial charge in [-0.1, -0.05) is 0 Å². The van der Waals surface area contributed by atoms with Gasteiger partial charge in [-0.15, -0.1) is 0 Å². The highest BCUT2D eigenvalue weighted by molar-refractivity contribution is 4.64. The maximum absolute atomic E-state index is 9.25. The van der Waals surface area contributed by atoms with Crippen LogP contribution in [-0.2, 0) is 4.84 Å². The summed E-state index contributed by atoms with van der Waals surface area (Å²) in [6.07, 6.45) is 2.73. The number of nitrogens with zero attached hydrogens (tertiary/aromatic N) is 1. The maximum Gasteiger partial charge on any atom is 0.0779 e. The van der Waals surface area contributed by atoms with Crippen LogP contribution in [0.15, 0.2) is 0 Å². The van der Waals surface area contributed by atoms with Gasteiger partial charge in [0.1, 0.15) is 0 Å². The third-order valence-corrected chi connectivity index (χ3v) is 3.15. The van der Waals surface area contributed by atoms with Gasteiger partial charge in [-0.2, -0.15) is 5.06 Å². The second kappa shape index (κ2) is 8.86. The first-order valence-electron chi connectivity index (χ1n) is 6.61. The lowest BCUT2D eigenvalue weighted by atomic mass is 10.1. The Hall–Kier alpha value is -0.160. The van der Waals surface area contributed by atoms with Gasteiger partial charge in [-0.05, 0) is 54.0 Å². The van der Waals surface area contributed by atoms with E-state index in [0.29, 0.717) is 12.1 Å². The van der Waals surface area contributed by atoms with Crippen molar-refractivity contribution in [2.24, 2.45) is 0 Å². The molecule has 0 aliphatic carbocycles. The minimum Gasteiger partial charge on any atom is -0.393 e. The van der Waals surface area contributed by atoms with Crippen molar-refractivity contribution in [1.82, 2.24) is 10.4 Å². The van der Waals surface area contributed by atoms with Crippen LogP contribution in [0.1, 0.15) is 47.0 Å². The summed E-state index contributed by atoms with van der Waals surface area (Å²) in [4.78, 5) is 5.83. The van der Waals surface area contributed by atoms with Crippen molar-refractivity contribution in [2.45, 2.75) is 71.2 Å². The summed E-state index contributed by atoms with van der Waals surface area (Å²) >= 11 is 0. The number of aliphatic hydroxyl groups is 1. The molecule has 4 nitrogen and oxygen atoms in total. The van der Waals surface area contributed by atoms with Crippen LogP contribution >= 0.6 is 0 Å². The molecule has 4 atom stereocenters. The van der Waals surface area contributed by atoms with E-state index in [1.54, 1.807) is 0 Å². The molecule has 0 saturated carbocycles. The standard InChI is InChI=1S/C13H30N2O2/c1-10(14-5)9-13(4)17-15(6)11(2)7-8-12(3)16/h10-14,16H,7-9H2,1-6H3. The van der Waals surface area contributed by atoms with Gasteiger partial charge < -0.3 is 10.4 Å². The molecule has 0 spiro atoms. The molecule has 0 rings (SSSR count). The second-order valence-corrected chi connectivity index (χ2v) is 5.16. The summed E-state index contributed by atoms with van der Waals surface area (Å²) in [5.41, 5.74) is 0. The van der Waals surface area contributed by atoms with E-state index >= 15 is 0 Å². The van der Waals surface area contributed by atoms with Gasteiger partial charge in [0, 0.05) is 19.1 Å². The summed E-state index contributed by atoms with van der Waals surface area (Å²) in [5.74, 6) is 0. The van der Waals surface area contributed by atoms with Crippen LogP contribution in [0.2, 0.25) is 0 Å². The maximum atomic E-state index is 9.25. The first-order valence-corrected chi connectivity index (χ1v) is 6.61. The van der Waals surface area contributed by atoms with Crippen molar-refractivity contribution in [3.05, 3.63) is 0 Å². The van der Waals surface area contributed by atoms with Crippen LogP contribution in [0.5, 0.6) is 0 Å². The highest BCUT2D eigenvalue weighted by Crippen LogP contribution is 2.11. The molecule has 0 aromatic carbocycles. The van der Waals surface area contributed by atoms with Gasteiger partial charge >= 0.3 is 0 Å². The van der Waals surface area contributed by atoms with Gasteiger partial charge in [0.05, 0.1) is 12.2 Å². The lowest BCUT2D eigenvalue weighted by Crippen LogP contribution is -2.35. The van der Waals surface area contributed by atoms with Crippen molar-refractivity contribution in [3.8, 4) is 0 Å². The lowest BCUT2D eigenvalue weighted by Gasteiger charge is -2.28. The Morgan fingerprint density at radius 3 is 2.24 bits per heavy atom. The summed E-state index contributed by atoms with van der Waals surface area (Å²) in [6, 6.07) is 0.795. The Labute approximate surface area is 106 Å². The Balaban J connectivity index is 3.85. The summed E-state index contributed by atoms with van der Waals surface area (Å²) in [5, 5.41) is 14.4. The predicted octanol–water partition coefficient (Wildman–Crippen LogP) is 1.79. The van der Waals surface area contributed by atoms with Crippen molar-refractivity contribution in [3.63, 3.8) is 0 Å². The highest BCUT2D eigenvalue weighted by Gasteiger charge is 2.15. The van der Waals surface area contributed by atoms with Gasteiger partial charge in [-0.25, -0.2) is 0 Å². The van der Waals surface area contributed by atoms with E-state index < -0.39 is 0 Å². The average molecular weight is 246 g/mol. The zero-order valence-corrected chi connectivity index (χ0v) is 12.2. The molecule has 0 aliphatic rings. The molecular weight excluding hydrogens is 216 g/mol. The van der Waals surface area contributed by atoms with Crippen molar-refractivity contribution < 1.29 is 9.94 Å². The van der Waals surface area contributed by atoms with Crippen LogP contribution in [0.25, 0.3) is 0 Å². The number of hydrogen-bond donors (Lipinski definition) is 2. The Bertz CT molecular complexity index is 188. The van der Waals surface area contributed by atoms with Crippen LogP contribution in [0.3, 0.4) is 0 Å². The number of rotatable bonds is 9. The largest absolute Gasteiger partial charge is 0.393 e. The number of hydrogen-bond acceptors (Lipinski definition) is 4. The minimum atomic E-state index is -0.229.